The molecule has 1 atom stereocenters. The summed E-state index contributed by atoms with van der Waals surface area (Å²) >= 11 is 0. The fraction of sp³-hybridized carbons (Fsp3) is 0.417. The second-order valence-corrected chi connectivity index (χ2v) is 4.04. The molecule has 1 aromatic rings. The Morgan fingerprint density at radius 1 is 1.42 bits per heavy atom. The number of hydrogen-bond donors (Lipinski definition) is 2. The van der Waals surface area contributed by atoms with E-state index in [1.807, 2.05) is 0 Å². The maximum atomic E-state index is 13.5. The molecule has 3 nitrogen and oxygen atoms in total. The number of carboxylic acids is 1. The van der Waals surface area contributed by atoms with Gasteiger partial charge in [0.1, 0.15) is 5.82 Å². The molecule has 0 aliphatic carbocycles. The minimum atomic E-state index is -4.61. The number of benzene rings is 1. The largest absolute Gasteiger partial charge is 0.481 e. The topological polar surface area (TPSA) is 49.3 Å². The number of hydrogen-bond acceptors (Lipinski definition) is 2. The third-order valence-corrected chi connectivity index (χ3v) is 2.57. The zero-order valence-electron chi connectivity index (χ0n) is 10.1. The van der Waals surface area contributed by atoms with E-state index in [0.717, 1.165) is 12.1 Å². The van der Waals surface area contributed by atoms with Gasteiger partial charge in [-0.1, -0.05) is 6.92 Å². The highest BCUT2D eigenvalue weighted by molar-refractivity contribution is 5.68. The normalized spacial score (nSPS) is 13.1. The zero-order chi connectivity index (χ0) is 14.6. The summed E-state index contributed by atoms with van der Waals surface area (Å²) in [5, 5.41) is 11.2. The van der Waals surface area contributed by atoms with Crippen molar-refractivity contribution in [3.63, 3.8) is 0 Å². The van der Waals surface area contributed by atoms with Crippen LogP contribution in [0.5, 0.6) is 0 Å². The summed E-state index contributed by atoms with van der Waals surface area (Å²) in [7, 11) is 0. The second kappa shape index (κ2) is 5.90. The predicted molar refractivity (Wildman–Crippen MR) is 61.4 cm³/mol. The third kappa shape index (κ3) is 4.42. The van der Waals surface area contributed by atoms with Gasteiger partial charge in [-0.15, -0.1) is 0 Å². The lowest BCUT2D eigenvalue weighted by Gasteiger charge is -2.17. The average Bonchev–Trinajstić information content (AvgIpc) is 2.28. The van der Waals surface area contributed by atoms with Gasteiger partial charge in [0.05, 0.1) is 17.7 Å². The number of anilines is 1. The van der Waals surface area contributed by atoms with E-state index in [1.54, 1.807) is 6.92 Å². The van der Waals surface area contributed by atoms with Gasteiger partial charge in [-0.2, -0.15) is 13.2 Å². The van der Waals surface area contributed by atoms with E-state index in [0.29, 0.717) is 12.5 Å². The van der Waals surface area contributed by atoms with Crippen LogP contribution in [0.4, 0.5) is 23.2 Å². The van der Waals surface area contributed by atoms with Crippen molar-refractivity contribution in [2.75, 3.05) is 5.32 Å². The molecule has 0 fully saturated rings. The maximum Gasteiger partial charge on any atom is 0.416 e. The Labute approximate surface area is 107 Å². The van der Waals surface area contributed by atoms with Crippen LogP contribution < -0.4 is 5.32 Å². The molecule has 0 aliphatic rings. The molecular weight excluding hydrogens is 266 g/mol. The molecular formula is C12H13F4NO2. The molecule has 2 N–H and O–H groups in total. The summed E-state index contributed by atoms with van der Waals surface area (Å²) in [4.78, 5) is 10.5. The number of carbonyl (C=O) groups is 1. The molecule has 19 heavy (non-hydrogen) atoms. The van der Waals surface area contributed by atoms with Crippen LogP contribution in [0.15, 0.2) is 18.2 Å². The molecule has 0 saturated heterocycles. The zero-order valence-corrected chi connectivity index (χ0v) is 10.1. The van der Waals surface area contributed by atoms with E-state index in [4.69, 9.17) is 5.11 Å². The van der Waals surface area contributed by atoms with Crippen LogP contribution in [0.25, 0.3) is 0 Å². The molecule has 0 amide bonds. The molecule has 7 heteroatoms. The lowest BCUT2D eigenvalue weighted by molar-refractivity contribution is -0.138. The van der Waals surface area contributed by atoms with Gasteiger partial charge in [0.25, 0.3) is 0 Å². The molecule has 0 spiro atoms. The first kappa shape index (κ1) is 15.3. The quantitative estimate of drug-likeness (QED) is 0.811. The van der Waals surface area contributed by atoms with Crippen LogP contribution in [0, 0.1) is 5.82 Å². The molecule has 0 bridgehead atoms. The predicted octanol–water partition coefficient (Wildman–Crippen LogP) is 3.51. The van der Waals surface area contributed by atoms with Gasteiger partial charge in [-0.25, -0.2) is 4.39 Å². The smallest absolute Gasteiger partial charge is 0.416 e. The second-order valence-electron chi connectivity index (χ2n) is 4.04. The Morgan fingerprint density at radius 3 is 2.47 bits per heavy atom. The summed E-state index contributed by atoms with van der Waals surface area (Å²) in [6.45, 7) is 1.70. The van der Waals surface area contributed by atoms with Gasteiger partial charge < -0.3 is 10.4 Å². The van der Waals surface area contributed by atoms with E-state index in [-0.39, 0.29) is 12.1 Å². The molecule has 0 heterocycles. The van der Waals surface area contributed by atoms with Crippen molar-refractivity contribution in [3.05, 3.63) is 29.6 Å². The van der Waals surface area contributed by atoms with Crippen LogP contribution in [-0.2, 0) is 11.0 Å². The van der Waals surface area contributed by atoms with Crippen molar-refractivity contribution in [3.8, 4) is 0 Å². The average molecular weight is 279 g/mol. The Kier molecular flexibility index (Phi) is 4.74. The van der Waals surface area contributed by atoms with E-state index in [2.05, 4.69) is 5.32 Å². The lowest BCUT2D eigenvalue weighted by atomic mass is 10.1. The van der Waals surface area contributed by atoms with E-state index in [1.165, 1.54) is 0 Å². The summed E-state index contributed by atoms with van der Waals surface area (Å²) in [6, 6.07) is 1.56. The monoisotopic (exact) mass is 279 g/mol. The number of carboxylic acid groups (broad SMARTS) is 1. The van der Waals surface area contributed by atoms with Crippen molar-refractivity contribution in [1.29, 1.82) is 0 Å². The van der Waals surface area contributed by atoms with Crippen LogP contribution >= 0.6 is 0 Å². The summed E-state index contributed by atoms with van der Waals surface area (Å²) in [5.74, 6) is -2.12. The fourth-order valence-corrected chi connectivity index (χ4v) is 1.54. The highest BCUT2D eigenvalue weighted by Gasteiger charge is 2.31. The number of rotatable bonds is 5. The Bertz CT molecular complexity index is 460. The number of nitrogens with one attached hydrogen (secondary N) is 1. The molecule has 0 radical (unpaired) electrons. The Hall–Kier alpha value is -1.79. The minimum absolute atomic E-state index is 0.138. The van der Waals surface area contributed by atoms with Gasteiger partial charge in [0.2, 0.25) is 0 Å². The first-order valence-electron chi connectivity index (χ1n) is 5.59. The van der Waals surface area contributed by atoms with Gasteiger partial charge in [-0.05, 0) is 24.6 Å². The number of alkyl halides is 3. The third-order valence-electron chi connectivity index (χ3n) is 2.57. The van der Waals surface area contributed by atoms with Crippen LogP contribution in [0.1, 0.15) is 25.3 Å². The summed E-state index contributed by atoms with van der Waals surface area (Å²) in [6.07, 6.45) is -4.44. The Morgan fingerprint density at radius 2 is 2.05 bits per heavy atom. The SMILES string of the molecule is CCC(CC(=O)O)Nc1ccc(C(F)(F)F)cc1F. The molecule has 1 unspecified atom stereocenters. The van der Waals surface area contributed by atoms with Gasteiger partial charge in [-0.3, -0.25) is 4.79 Å². The number of halogens is 4. The van der Waals surface area contributed by atoms with Gasteiger partial charge in [0.15, 0.2) is 0 Å². The molecule has 1 rings (SSSR count). The maximum absolute atomic E-state index is 13.5. The standard InChI is InChI=1S/C12H13F4NO2/c1-2-8(6-11(18)19)17-10-4-3-7(5-9(10)13)12(14,15)16/h3-5,8,17H,2,6H2,1H3,(H,18,19). The van der Waals surface area contributed by atoms with Crippen molar-refractivity contribution in [2.45, 2.75) is 32.0 Å². The minimum Gasteiger partial charge on any atom is -0.481 e. The highest BCUT2D eigenvalue weighted by Crippen LogP contribution is 2.31. The summed E-state index contributed by atoms with van der Waals surface area (Å²) in [5.41, 5.74) is -1.22. The van der Waals surface area contributed by atoms with Crippen molar-refractivity contribution in [2.24, 2.45) is 0 Å². The van der Waals surface area contributed by atoms with Gasteiger partial charge >= 0.3 is 12.1 Å². The number of aliphatic carboxylic acids is 1. The fourth-order valence-electron chi connectivity index (χ4n) is 1.54. The first-order valence-corrected chi connectivity index (χ1v) is 5.59. The van der Waals surface area contributed by atoms with Crippen molar-refractivity contribution < 1.29 is 27.5 Å². The van der Waals surface area contributed by atoms with E-state index < -0.39 is 29.6 Å². The van der Waals surface area contributed by atoms with E-state index >= 15 is 0 Å². The van der Waals surface area contributed by atoms with Crippen molar-refractivity contribution in [1.82, 2.24) is 0 Å². The molecule has 0 saturated carbocycles. The van der Waals surface area contributed by atoms with Crippen LogP contribution in [0.3, 0.4) is 0 Å². The highest BCUT2D eigenvalue weighted by atomic mass is 19.4. The lowest BCUT2D eigenvalue weighted by Crippen LogP contribution is -2.23. The molecule has 1 aromatic carbocycles. The van der Waals surface area contributed by atoms with Crippen LogP contribution in [0.2, 0.25) is 0 Å². The molecule has 0 aliphatic heterocycles. The first-order chi connectivity index (χ1) is 8.74. The molecule has 106 valence electrons. The van der Waals surface area contributed by atoms with Crippen molar-refractivity contribution >= 4 is 11.7 Å². The van der Waals surface area contributed by atoms with E-state index in [9.17, 15) is 22.4 Å². The summed E-state index contributed by atoms with van der Waals surface area (Å²) < 4.78 is 50.5. The Balaban J connectivity index is 2.88. The molecule has 0 aromatic heterocycles. The van der Waals surface area contributed by atoms with Gasteiger partial charge in [0, 0.05) is 6.04 Å². The van der Waals surface area contributed by atoms with Crippen LogP contribution in [-0.4, -0.2) is 17.1 Å².